The lowest BCUT2D eigenvalue weighted by atomic mass is 9.97. The lowest BCUT2D eigenvalue weighted by Crippen LogP contribution is -2.41. The molecule has 2 aliphatic rings. The Balaban J connectivity index is 1.60. The van der Waals surface area contributed by atoms with Crippen molar-refractivity contribution in [3.05, 3.63) is 35.4 Å². The van der Waals surface area contributed by atoms with Crippen molar-refractivity contribution in [1.29, 1.82) is 0 Å². The van der Waals surface area contributed by atoms with Crippen LogP contribution in [0.3, 0.4) is 0 Å². The molecule has 1 aromatic carbocycles. The number of aryl methyl sites for hydroxylation is 1. The van der Waals surface area contributed by atoms with Crippen molar-refractivity contribution in [1.82, 2.24) is 10.2 Å². The van der Waals surface area contributed by atoms with Gasteiger partial charge in [-0.1, -0.05) is 29.8 Å². The Hall–Kier alpha value is -1.35. The molecule has 0 radical (unpaired) electrons. The summed E-state index contributed by atoms with van der Waals surface area (Å²) in [6.45, 7) is 5.26. The van der Waals surface area contributed by atoms with Crippen LogP contribution in [0.2, 0.25) is 0 Å². The van der Waals surface area contributed by atoms with Gasteiger partial charge in [-0.25, -0.2) is 0 Å². The maximum atomic E-state index is 12.7. The summed E-state index contributed by atoms with van der Waals surface area (Å²) in [5, 5.41) is 3.40. The van der Waals surface area contributed by atoms with Gasteiger partial charge >= 0.3 is 0 Å². The summed E-state index contributed by atoms with van der Waals surface area (Å²) in [4.78, 5) is 14.8. The Morgan fingerprint density at radius 1 is 1.14 bits per heavy atom. The van der Waals surface area contributed by atoms with E-state index in [4.69, 9.17) is 0 Å². The first kappa shape index (κ1) is 14.6. The van der Waals surface area contributed by atoms with Crippen molar-refractivity contribution >= 4 is 5.91 Å². The van der Waals surface area contributed by atoms with Gasteiger partial charge in [0.1, 0.15) is 0 Å². The minimum absolute atomic E-state index is 0.319. The Labute approximate surface area is 127 Å². The first-order valence-corrected chi connectivity index (χ1v) is 8.28. The van der Waals surface area contributed by atoms with Crippen LogP contribution in [0.5, 0.6) is 0 Å². The van der Waals surface area contributed by atoms with E-state index in [1.165, 1.54) is 31.2 Å². The minimum Gasteiger partial charge on any atom is -0.339 e. The maximum absolute atomic E-state index is 12.7. The van der Waals surface area contributed by atoms with E-state index in [0.29, 0.717) is 24.3 Å². The molecule has 21 heavy (non-hydrogen) atoms. The van der Waals surface area contributed by atoms with Gasteiger partial charge in [-0.05, 0) is 57.2 Å². The van der Waals surface area contributed by atoms with E-state index in [9.17, 15) is 4.79 Å². The van der Waals surface area contributed by atoms with Gasteiger partial charge in [0.15, 0.2) is 0 Å². The maximum Gasteiger partial charge on any atom is 0.227 e. The molecule has 1 saturated heterocycles. The highest BCUT2D eigenvalue weighted by molar-refractivity contribution is 5.79. The van der Waals surface area contributed by atoms with Crippen molar-refractivity contribution in [3.8, 4) is 0 Å². The van der Waals surface area contributed by atoms with Crippen LogP contribution >= 0.6 is 0 Å². The molecule has 1 saturated carbocycles. The summed E-state index contributed by atoms with van der Waals surface area (Å²) in [5.41, 5.74) is 2.39. The number of piperidine rings is 1. The smallest absolute Gasteiger partial charge is 0.227 e. The zero-order valence-electron chi connectivity index (χ0n) is 13.0. The van der Waals surface area contributed by atoms with Gasteiger partial charge < -0.3 is 10.2 Å². The number of nitrogens with zero attached hydrogens (tertiary/aromatic N) is 1. The van der Waals surface area contributed by atoms with E-state index in [0.717, 1.165) is 25.2 Å². The summed E-state index contributed by atoms with van der Waals surface area (Å²) in [5.74, 6) is 1.01. The van der Waals surface area contributed by atoms with Crippen LogP contribution < -0.4 is 5.32 Å². The molecule has 1 N–H and O–H groups in total. The van der Waals surface area contributed by atoms with E-state index in [-0.39, 0.29) is 0 Å². The predicted molar refractivity (Wildman–Crippen MR) is 85.2 cm³/mol. The molecular formula is C18H26N2O. The van der Waals surface area contributed by atoms with Crippen LogP contribution in [0.4, 0.5) is 0 Å². The van der Waals surface area contributed by atoms with Crippen molar-refractivity contribution in [2.45, 2.75) is 45.1 Å². The fourth-order valence-electron chi connectivity index (χ4n) is 3.17. The first-order valence-electron chi connectivity index (χ1n) is 8.28. The highest BCUT2D eigenvalue weighted by Crippen LogP contribution is 2.29. The van der Waals surface area contributed by atoms with Gasteiger partial charge in [-0.2, -0.15) is 0 Å². The number of hydrogen-bond acceptors (Lipinski definition) is 2. The van der Waals surface area contributed by atoms with E-state index < -0.39 is 0 Å². The lowest BCUT2D eigenvalue weighted by molar-refractivity contribution is -0.131. The van der Waals surface area contributed by atoms with E-state index in [2.05, 4.69) is 41.4 Å². The quantitative estimate of drug-likeness (QED) is 0.902. The monoisotopic (exact) mass is 286 g/mol. The molecule has 0 atom stereocenters. The van der Waals surface area contributed by atoms with Gasteiger partial charge in [0.2, 0.25) is 5.91 Å². The fourth-order valence-corrected chi connectivity index (χ4v) is 3.17. The Kier molecular flexibility index (Phi) is 4.59. The van der Waals surface area contributed by atoms with Crippen LogP contribution in [-0.2, 0) is 11.2 Å². The molecule has 0 aromatic heterocycles. The number of nitrogens with one attached hydrogen (secondary N) is 1. The summed E-state index contributed by atoms with van der Waals surface area (Å²) in [6.07, 6.45) is 5.37. The van der Waals surface area contributed by atoms with Gasteiger partial charge in [0, 0.05) is 12.6 Å². The summed E-state index contributed by atoms with van der Waals surface area (Å²) >= 11 is 0. The number of carbonyl (C=O) groups is 1. The van der Waals surface area contributed by atoms with Crippen LogP contribution in [0, 0.1) is 12.8 Å². The van der Waals surface area contributed by atoms with Gasteiger partial charge in [0.05, 0.1) is 6.42 Å². The lowest BCUT2D eigenvalue weighted by Gasteiger charge is -2.30. The highest BCUT2D eigenvalue weighted by Gasteiger charge is 2.33. The molecule has 1 aliphatic carbocycles. The minimum atomic E-state index is 0.319. The summed E-state index contributed by atoms with van der Waals surface area (Å²) in [7, 11) is 0. The molecule has 1 amide bonds. The second-order valence-corrected chi connectivity index (χ2v) is 6.63. The molecule has 0 spiro atoms. The average Bonchev–Trinajstić information content (AvgIpc) is 3.33. The number of hydrogen-bond donors (Lipinski definition) is 1. The van der Waals surface area contributed by atoms with Crippen molar-refractivity contribution in [2.24, 2.45) is 5.92 Å². The second kappa shape index (κ2) is 6.61. The topological polar surface area (TPSA) is 32.3 Å². The number of rotatable bonds is 5. The molecule has 1 heterocycles. The van der Waals surface area contributed by atoms with E-state index in [1.807, 2.05) is 0 Å². The zero-order valence-corrected chi connectivity index (χ0v) is 13.0. The highest BCUT2D eigenvalue weighted by atomic mass is 16.2. The van der Waals surface area contributed by atoms with E-state index >= 15 is 0 Å². The Bertz CT molecular complexity index is 472. The van der Waals surface area contributed by atoms with Gasteiger partial charge in [0.25, 0.3) is 0 Å². The molecule has 3 rings (SSSR count). The summed E-state index contributed by atoms with van der Waals surface area (Å²) in [6, 6.07) is 8.89. The Morgan fingerprint density at radius 2 is 1.81 bits per heavy atom. The van der Waals surface area contributed by atoms with Crippen LogP contribution in [0.15, 0.2) is 24.3 Å². The largest absolute Gasteiger partial charge is 0.339 e. The van der Waals surface area contributed by atoms with Crippen LogP contribution in [0.25, 0.3) is 0 Å². The summed E-state index contributed by atoms with van der Waals surface area (Å²) < 4.78 is 0. The van der Waals surface area contributed by atoms with Gasteiger partial charge in [-0.3, -0.25) is 4.79 Å². The third-order valence-corrected chi connectivity index (χ3v) is 4.70. The molecule has 0 unspecified atom stereocenters. The molecule has 1 aliphatic heterocycles. The van der Waals surface area contributed by atoms with Crippen molar-refractivity contribution in [3.63, 3.8) is 0 Å². The van der Waals surface area contributed by atoms with Crippen LogP contribution in [-0.4, -0.2) is 36.5 Å². The SMILES string of the molecule is Cc1ccc(CC(=O)N(CC2CCNCC2)C2CC2)cc1. The molecule has 2 fully saturated rings. The van der Waals surface area contributed by atoms with Crippen molar-refractivity contribution < 1.29 is 4.79 Å². The molecule has 0 bridgehead atoms. The normalized spacial score (nSPS) is 19.5. The standard InChI is InChI=1S/C18H26N2O/c1-14-2-4-15(5-3-14)12-18(21)20(17-6-7-17)13-16-8-10-19-11-9-16/h2-5,16-17,19H,6-13H2,1H3. The van der Waals surface area contributed by atoms with Gasteiger partial charge in [-0.15, -0.1) is 0 Å². The number of amides is 1. The second-order valence-electron chi connectivity index (χ2n) is 6.63. The first-order chi connectivity index (χ1) is 10.2. The third kappa shape index (κ3) is 4.07. The fraction of sp³-hybridized carbons (Fsp3) is 0.611. The van der Waals surface area contributed by atoms with Crippen LogP contribution in [0.1, 0.15) is 36.8 Å². The zero-order chi connectivity index (χ0) is 14.7. The number of carbonyl (C=O) groups excluding carboxylic acids is 1. The third-order valence-electron chi connectivity index (χ3n) is 4.70. The molecule has 3 nitrogen and oxygen atoms in total. The average molecular weight is 286 g/mol. The molecule has 1 aromatic rings. The molecule has 3 heteroatoms. The van der Waals surface area contributed by atoms with Crippen molar-refractivity contribution in [2.75, 3.05) is 19.6 Å². The molecular weight excluding hydrogens is 260 g/mol. The van der Waals surface area contributed by atoms with E-state index in [1.54, 1.807) is 0 Å². The number of benzene rings is 1. The molecule has 114 valence electrons. The predicted octanol–water partition coefficient (Wildman–Crippen LogP) is 2.53. The Morgan fingerprint density at radius 3 is 2.43 bits per heavy atom.